The van der Waals surface area contributed by atoms with Gasteiger partial charge in [0.2, 0.25) is 11.7 Å². The number of carbonyl (C=O) groups excluding carboxylic acids is 2. The van der Waals surface area contributed by atoms with Crippen molar-refractivity contribution in [2.24, 2.45) is 21.5 Å². The second kappa shape index (κ2) is 21.3. The molecule has 16 nitrogen and oxygen atoms in total. The van der Waals surface area contributed by atoms with Gasteiger partial charge in [0.25, 0.3) is 0 Å². The van der Waals surface area contributed by atoms with Crippen molar-refractivity contribution in [1.82, 2.24) is 20.9 Å². The Labute approximate surface area is 291 Å². The maximum atomic E-state index is 12.3. The number of guanidine groups is 2. The summed E-state index contributed by atoms with van der Waals surface area (Å²) in [5, 5.41) is 30.0. The standard InChI is InChI=1S/C33H62N8O8/c1-3-5-19-46-22-25(48-21-6-4-2)23-47-20-13-9-10-14-27(42)36-16-11-7-8-12-17-37-31(43)49-24-26-28-33(40-29(34)39-28)32(44,45)15-18-41(33)30(35)38-26/h25-26,28,44-45H,3-24H2,1-2H3,(H2,35,38)(H,36,42)(H,37,43)(H3,34,39,40)/t25?,26-,28-,33-/m0/s1. The Morgan fingerprint density at radius 2 is 1.57 bits per heavy atom. The van der Waals surface area contributed by atoms with Gasteiger partial charge < -0.3 is 61.5 Å². The summed E-state index contributed by atoms with van der Waals surface area (Å²) in [4.78, 5) is 34.7. The van der Waals surface area contributed by atoms with Crippen molar-refractivity contribution in [1.29, 1.82) is 0 Å². The van der Waals surface area contributed by atoms with Crippen molar-refractivity contribution in [3.8, 4) is 0 Å². The van der Waals surface area contributed by atoms with E-state index >= 15 is 0 Å². The second-order valence-corrected chi connectivity index (χ2v) is 13.1. The smallest absolute Gasteiger partial charge is 0.407 e. The lowest BCUT2D eigenvalue weighted by Gasteiger charge is -2.48. The molecular weight excluding hydrogens is 636 g/mol. The summed E-state index contributed by atoms with van der Waals surface area (Å²) < 4.78 is 22.8. The molecular formula is C33H62N8O8. The Balaban J connectivity index is 1.15. The first-order valence-corrected chi connectivity index (χ1v) is 18.3. The number of rotatable bonds is 26. The number of nitrogens with zero attached hydrogens (tertiary/aromatic N) is 3. The van der Waals surface area contributed by atoms with Gasteiger partial charge in [0.15, 0.2) is 17.6 Å². The third-order valence-corrected chi connectivity index (χ3v) is 9.06. The normalized spacial score (nSPS) is 22.8. The number of hydrogen-bond acceptors (Lipinski definition) is 14. The number of alkyl carbamates (subject to hydrolysis) is 1. The van der Waals surface area contributed by atoms with Gasteiger partial charge in [0.05, 0.1) is 13.2 Å². The molecule has 0 bridgehead atoms. The number of nitrogens with two attached hydrogens (primary N) is 2. The molecule has 3 heterocycles. The number of aliphatic hydroxyl groups is 2. The zero-order valence-corrected chi connectivity index (χ0v) is 29.6. The highest BCUT2D eigenvalue weighted by Crippen LogP contribution is 2.44. The number of carbonyl (C=O) groups is 2. The number of unbranched alkanes of at least 4 members (excludes halogenated alkanes) is 7. The highest BCUT2D eigenvalue weighted by atomic mass is 16.6. The van der Waals surface area contributed by atoms with Crippen LogP contribution < -0.4 is 27.4 Å². The van der Waals surface area contributed by atoms with Crippen molar-refractivity contribution in [2.45, 2.75) is 127 Å². The fourth-order valence-corrected chi connectivity index (χ4v) is 6.26. The van der Waals surface area contributed by atoms with Gasteiger partial charge in [-0.15, -0.1) is 0 Å². The summed E-state index contributed by atoms with van der Waals surface area (Å²) in [6.45, 7) is 8.70. The predicted molar refractivity (Wildman–Crippen MR) is 186 cm³/mol. The van der Waals surface area contributed by atoms with Crippen LogP contribution in [0.15, 0.2) is 9.98 Å². The maximum absolute atomic E-state index is 12.3. The molecule has 1 spiro atoms. The molecule has 1 saturated heterocycles. The van der Waals surface area contributed by atoms with Crippen LogP contribution in [-0.2, 0) is 23.7 Å². The van der Waals surface area contributed by atoms with Gasteiger partial charge in [0, 0.05) is 52.3 Å². The first-order valence-electron chi connectivity index (χ1n) is 18.3. The lowest BCUT2D eigenvalue weighted by atomic mass is 9.87. The molecule has 0 aromatic heterocycles. The van der Waals surface area contributed by atoms with Crippen molar-refractivity contribution < 1.29 is 38.7 Å². The van der Waals surface area contributed by atoms with E-state index in [0.717, 1.165) is 83.8 Å². The lowest BCUT2D eigenvalue weighted by Crippen LogP contribution is -2.76. The van der Waals surface area contributed by atoms with Crippen molar-refractivity contribution in [2.75, 3.05) is 59.3 Å². The largest absolute Gasteiger partial charge is 0.447 e. The molecule has 3 rings (SSSR count). The fraction of sp³-hybridized carbons (Fsp3) is 0.879. The quantitative estimate of drug-likeness (QED) is 0.0497. The molecule has 0 aromatic rings. The van der Waals surface area contributed by atoms with Gasteiger partial charge in [-0.3, -0.25) is 4.79 Å². The second-order valence-electron chi connectivity index (χ2n) is 13.1. The summed E-state index contributed by atoms with van der Waals surface area (Å²) in [6.07, 6.45) is 10.3. The van der Waals surface area contributed by atoms with E-state index in [0.29, 0.717) is 39.3 Å². The lowest BCUT2D eigenvalue weighted by molar-refractivity contribution is -0.221. The molecule has 2 amide bonds. The van der Waals surface area contributed by atoms with Crippen LogP contribution in [0, 0.1) is 0 Å². The molecule has 4 atom stereocenters. The number of nitrogens with one attached hydrogen (secondary N) is 3. The summed E-state index contributed by atoms with van der Waals surface area (Å²) in [5.74, 6) is -1.94. The SMILES string of the molecule is CCCCOCC(COCCCCCC(=O)NCCCCCCNC(=O)OC[C@@H]1N=C(N)N2CCC(O)(O)[C@@]23NC(N)=N[C@@H]13)OCCCC. The van der Waals surface area contributed by atoms with Crippen LogP contribution in [0.3, 0.4) is 0 Å². The summed E-state index contributed by atoms with van der Waals surface area (Å²) in [5.41, 5.74) is 10.5. The molecule has 3 aliphatic heterocycles. The molecule has 1 fully saturated rings. The van der Waals surface area contributed by atoms with Crippen LogP contribution >= 0.6 is 0 Å². The van der Waals surface area contributed by atoms with E-state index in [-0.39, 0.29) is 43.5 Å². The molecule has 1 unspecified atom stereocenters. The third kappa shape index (κ3) is 12.4. The van der Waals surface area contributed by atoms with E-state index in [1.54, 1.807) is 4.90 Å². The molecule has 3 aliphatic rings. The molecule has 282 valence electrons. The van der Waals surface area contributed by atoms with Crippen LogP contribution in [0.25, 0.3) is 0 Å². The van der Waals surface area contributed by atoms with Gasteiger partial charge in [-0.25, -0.2) is 14.8 Å². The number of ether oxygens (including phenoxy) is 4. The third-order valence-electron chi connectivity index (χ3n) is 9.06. The highest BCUT2D eigenvalue weighted by Gasteiger charge is 2.69. The van der Waals surface area contributed by atoms with Crippen molar-refractivity contribution in [3.05, 3.63) is 0 Å². The summed E-state index contributed by atoms with van der Waals surface area (Å²) in [7, 11) is 0. The first kappa shape index (κ1) is 40.5. The maximum Gasteiger partial charge on any atom is 0.407 e. The van der Waals surface area contributed by atoms with Crippen LogP contribution in [0.5, 0.6) is 0 Å². The summed E-state index contributed by atoms with van der Waals surface area (Å²) in [6, 6.07) is -1.54. The van der Waals surface area contributed by atoms with E-state index in [9.17, 15) is 19.8 Å². The Kier molecular flexibility index (Phi) is 17.6. The van der Waals surface area contributed by atoms with Gasteiger partial charge in [0.1, 0.15) is 24.8 Å². The van der Waals surface area contributed by atoms with E-state index in [1.165, 1.54) is 0 Å². The van der Waals surface area contributed by atoms with Crippen molar-refractivity contribution in [3.63, 3.8) is 0 Å². The van der Waals surface area contributed by atoms with Gasteiger partial charge in [-0.1, -0.05) is 46.0 Å². The Hall–Kier alpha value is -2.92. The summed E-state index contributed by atoms with van der Waals surface area (Å²) >= 11 is 0. The average Bonchev–Trinajstić information content (AvgIpc) is 3.57. The zero-order chi connectivity index (χ0) is 35.5. The highest BCUT2D eigenvalue weighted by molar-refractivity contribution is 5.87. The van der Waals surface area contributed by atoms with Gasteiger partial charge in [-0.05, 0) is 38.5 Å². The fourth-order valence-electron chi connectivity index (χ4n) is 6.26. The van der Waals surface area contributed by atoms with Crippen LogP contribution in [0.4, 0.5) is 4.79 Å². The molecule has 16 heteroatoms. The van der Waals surface area contributed by atoms with E-state index in [4.69, 9.17) is 30.4 Å². The molecule has 0 aromatic carbocycles. The topological polar surface area (TPSA) is 228 Å². The molecule has 49 heavy (non-hydrogen) atoms. The van der Waals surface area contributed by atoms with Gasteiger partial charge >= 0.3 is 6.09 Å². The average molecular weight is 699 g/mol. The minimum Gasteiger partial charge on any atom is -0.447 e. The van der Waals surface area contributed by atoms with E-state index in [2.05, 4.69) is 39.8 Å². The zero-order valence-electron chi connectivity index (χ0n) is 29.6. The van der Waals surface area contributed by atoms with Gasteiger partial charge in [-0.2, -0.15) is 0 Å². The Morgan fingerprint density at radius 1 is 0.918 bits per heavy atom. The number of hydrogen-bond donors (Lipinski definition) is 7. The van der Waals surface area contributed by atoms with Crippen molar-refractivity contribution >= 4 is 23.9 Å². The Bertz CT molecular complexity index is 1060. The number of aliphatic imine (C=N–C) groups is 2. The van der Waals surface area contributed by atoms with E-state index < -0.39 is 29.6 Å². The predicted octanol–water partition coefficient (Wildman–Crippen LogP) is 1.03. The molecule has 9 N–H and O–H groups in total. The van der Waals surface area contributed by atoms with Crippen LogP contribution in [0.2, 0.25) is 0 Å². The van der Waals surface area contributed by atoms with Crippen LogP contribution in [0.1, 0.15) is 97.3 Å². The molecule has 0 aliphatic carbocycles. The minimum absolute atomic E-state index is 0.0274. The monoisotopic (exact) mass is 698 g/mol. The minimum atomic E-state index is -2.15. The first-order chi connectivity index (χ1) is 23.6. The Morgan fingerprint density at radius 3 is 2.29 bits per heavy atom. The molecule has 0 saturated carbocycles. The van der Waals surface area contributed by atoms with E-state index in [1.807, 2.05) is 0 Å². The molecule has 0 radical (unpaired) electrons. The van der Waals surface area contributed by atoms with Crippen LogP contribution in [-0.4, -0.2) is 128 Å². The number of amides is 2.